The molecule has 23 heavy (non-hydrogen) atoms. The molecule has 1 aliphatic heterocycles. The molecule has 0 N–H and O–H groups in total. The third-order valence-corrected chi connectivity index (χ3v) is 5.08. The highest BCUT2D eigenvalue weighted by molar-refractivity contribution is 7.90. The van der Waals surface area contributed by atoms with E-state index in [0.717, 1.165) is 5.56 Å². The Labute approximate surface area is 133 Å². The van der Waals surface area contributed by atoms with Gasteiger partial charge in [-0.05, 0) is 18.4 Å². The Kier molecular flexibility index (Phi) is 6.01. The fraction of sp³-hybridized carbons (Fsp3) is 0.571. The lowest BCUT2D eigenvalue weighted by molar-refractivity contribution is -0.0629. The third-order valence-electron chi connectivity index (χ3n) is 3.47. The molecule has 0 radical (unpaired) electrons. The zero-order chi connectivity index (χ0) is 16.9. The van der Waals surface area contributed by atoms with Crippen molar-refractivity contribution in [2.24, 2.45) is 0 Å². The highest BCUT2D eigenvalue weighted by atomic mass is 32.2. The van der Waals surface area contributed by atoms with Crippen LogP contribution in [0.25, 0.3) is 0 Å². The van der Waals surface area contributed by atoms with Gasteiger partial charge >= 0.3 is 15.5 Å². The standard InChI is InChI=1S/C14H18F3NO4S/c15-14(16,17)23(19,20)18(13-7-4-8-21-10-13)11-22-9-12-5-2-1-3-6-12/h1-3,5-6,13H,4,7-11H2. The fourth-order valence-electron chi connectivity index (χ4n) is 2.28. The van der Waals surface area contributed by atoms with E-state index in [9.17, 15) is 21.6 Å². The van der Waals surface area contributed by atoms with E-state index in [1.165, 1.54) is 0 Å². The number of hydrogen-bond acceptors (Lipinski definition) is 4. The van der Waals surface area contributed by atoms with Gasteiger partial charge in [-0.1, -0.05) is 30.3 Å². The quantitative estimate of drug-likeness (QED) is 0.738. The Morgan fingerprint density at radius 3 is 2.52 bits per heavy atom. The smallest absolute Gasteiger partial charge is 0.380 e. The van der Waals surface area contributed by atoms with Gasteiger partial charge in [0, 0.05) is 6.61 Å². The Morgan fingerprint density at radius 1 is 1.26 bits per heavy atom. The maximum atomic E-state index is 12.9. The van der Waals surface area contributed by atoms with Crippen LogP contribution in [0.3, 0.4) is 0 Å². The van der Waals surface area contributed by atoms with E-state index in [2.05, 4.69) is 0 Å². The average molecular weight is 353 g/mol. The Bertz CT molecular complexity index is 586. The van der Waals surface area contributed by atoms with E-state index in [4.69, 9.17) is 9.47 Å². The average Bonchev–Trinajstić information content (AvgIpc) is 2.52. The molecule has 1 atom stereocenters. The van der Waals surface area contributed by atoms with E-state index in [0.29, 0.717) is 23.8 Å². The molecular formula is C14H18F3NO4S. The van der Waals surface area contributed by atoms with Gasteiger partial charge < -0.3 is 9.47 Å². The number of benzene rings is 1. The van der Waals surface area contributed by atoms with Gasteiger partial charge in [0.2, 0.25) is 0 Å². The van der Waals surface area contributed by atoms with Crippen molar-refractivity contribution in [3.8, 4) is 0 Å². The molecule has 1 aromatic rings. The molecule has 0 saturated carbocycles. The Balaban J connectivity index is 2.07. The maximum Gasteiger partial charge on any atom is 0.511 e. The van der Waals surface area contributed by atoms with Gasteiger partial charge in [0.1, 0.15) is 6.73 Å². The summed E-state index contributed by atoms with van der Waals surface area (Å²) in [6.45, 7) is -0.283. The fourth-order valence-corrected chi connectivity index (χ4v) is 3.32. The second-order valence-electron chi connectivity index (χ2n) is 5.17. The molecule has 0 bridgehead atoms. The lowest BCUT2D eigenvalue weighted by Crippen LogP contribution is -2.50. The maximum absolute atomic E-state index is 12.9. The van der Waals surface area contributed by atoms with Gasteiger partial charge in [-0.25, -0.2) is 8.42 Å². The van der Waals surface area contributed by atoms with Crippen molar-refractivity contribution in [3.05, 3.63) is 35.9 Å². The Hall–Kier alpha value is -1.16. The van der Waals surface area contributed by atoms with Crippen molar-refractivity contribution in [2.45, 2.75) is 31.0 Å². The van der Waals surface area contributed by atoms with Crippen molar-refractivity contribution in [2.75, 3.05) is 19.9 Å². The minimum absolute atomic E-state index is 0.0261. The number of nitrogens with zero attached hydrogens (tertiary/aromatic N) is 1. The molecule has 5 nitrogen and oxygen atoms in total. The number of sulfonamides is 1. The predicted octanol–water partition coefficient (Wildman–Crippen LogP) is 2.49. The summed E-state index contributed by atoms with van der Waals surface area (Å²) in [6.07, 6.45) is 0.817. The molecule has 0 amide bonds. The summed E-state index contributed by atoms with van der Waals surface area (Å²) in [6, 6.07) is 7.93. The second kappa shape index (κ2) is 7.61. The van der Waals surface area contributed by atoms with Crippen LogP contribution in [0.4, 0.5) is 13.2 Å². The number of alkyl halides is 3. The summed E-state index contributed by atoms with van der Waals surface area (Å²) < 4.78 is 72.8. The van der Waals surface area contributed by atoms with Gasteiger partial charge in [-0.3, -0.25) is 0 Å². The van der Waals surface area contributed by atoms with Gasteiger partial charge in [-0.2, -0.15) is 17.5 Å². The molecule has 1 fully saturated rings. The van der Waals surface area contributed by atoms with E-state index < -0.39 is 28.3 Å². The molecule has 0 spiro atoms. The molecule has 2 rings (SSSR count). The molecule has 1 unspecified atom stereocenters. The van der Waals surface area contributed by atoms with Crippen LogP contribution in [0.1, 0.15) is 18.4 Å². The first-order chi connectivity index (χ1) is 10.8. The van der Waals surface area contributed by atoms with Crippen LogP contribution >= 0.6 is 0 Å². The van der Waals surface area contributed by atoms with Gasteiger partial charge in [0.05, 0.1) is 19.3 Å². The number of hydrogen-bond donors (Lipinski definition) is 0. The van der Waals surface area contributed by atoms with Crippen LogP contribution in [0.2, 0.25) is 0 Å². The van der Waals surface area contributed by atoms with Crippen molar-refractivity contribution < 1.29 is 31.1 Å². The second-order valence-corrected chi connectivity index (χ2v) is 7.05. The summed E-state index contributed by atoms with van der Waals surface area (Å²) in [5.74, 6) is 0. The van der Waals surface area contributed by atoms with Crippen LogP contribution in [0.5, 0.6) is 0 Å². The number of ether oxygens (including phenoxy) is 2. The lowest BCUT2D eigenvalue weighted by atomic mass is 10.1. The minimum Gasteiger partial charge on any atom is -0.380 e. The van der Waals surface area contributed by atoms with Gasteiger partial charge in [0.15, 0.2) is 0 Å². The summed E-state index contributed by atoms with van der Waals surface area (Å²) in [5, 5.41) is 0. The molecular weight excluding hydrogens is 335 g/mol. The SMILES string of the molecule is O=S(=O)(N(COCc1ccccc1)C1CCCOC1)C(F)(F)F. The van der Waals surface area contributed by atoms with Crippen LogP contribution < -0.4 is 0 Å². The molecule has 1 aromatic carbocycles. The predicted molar refractivity (Wildman–Crippen MR) is 76.8 cm³/mol. The largest absolute Gasteiger partial charge is 0.511 e. The van der Waals surface area contributed by atoms with Crippen molar-refractivity contribution in [3.63, 3.8) is 0 Å². The first kappa shape index (κ1) is 18.2. The van der Waals surface area contributed by atoms with Crippen molar-refractivity contribution in [1.82, 2.24) is 4.31 Å². The van der Waals surface area contributed by atoms with E-state index >= 15 is 0 Å². The number of rotatable bonds is 6. The summed E-state index contributed by atoms with van der Waals surface area (Å²) in [7, 11) is -5.46. The normalized spacial score (nSPS) is 19.9. The molecule has 130 valence electrons. The zero-order valence-corrected chi connectivity index (χ0v) is 13.1. The van der Waals surface area contributed by atoms with E-state index in [1.807, 2.05) is 0 Å². The molecule has 0 aliphatic carbocycles. The first-order valence-corrected chi connectivity index (χ1v) is 8.54. The monoisotopic (exact) mass is 353 g/mol. The van der Waals surface area contributed by atoms with Crippen LogP contribution in [-0.2, 0) is 26.1 Å². The molecule has 9 heteroatoms. The van der Waals surface area contributed by atoms with E-state index in [1.54, 1.807) is 30.3 Å². The van der Waals surface area contributed by atoms with Crippen molar-refractivity contribution in [1.29, 1.82) is 0 Å². The van der Waals surface area contributed by atoms with Crippen LogP contribution in [-0.4, -0.2) is 44.2 Å². The first-order valence-electron chi connectivity index (χ1n) is 7.10. The lowest BCUT2D eigenvalue weighted by Gasteiger charge is -2.33. The molecule has 1 heterocycles. The van der Waals surface area contributed by atoms with Crippen LogP contribution in [0.15, 0.2) is 30.3 Å². The summed E-state index contributed by atoms with van der Waals surface area (Å²) in [5.41, 5.74) is -4.61. The van der Waals surface area contributed by atoms with Crippen LogP contribution in [0, 0.1) is 0 Å². The zero-order valence-electron chi connectivity index (χ0n) is 12.3. The summed E-state index contributed by atoms with van der Waals surface area (Å²) in [4.78, 5) is 0. The highest BCUT2D eigenvalue weighted by Crippen LogP contribution is 2.30. The van der Waals surface area contributed by atoms with Crippen molar-refractivity contribution >= 4 is 10.0 Å². The third kappa shape index (κ3) is 4.66. The minimum atomic E-state index is -5.46. The summed E-state index contributed by atoms with van der Waals surface area (Å²) >= 11 is 0. The highest BCUT2D eigenvalue weighted by Gasteiger charge is 2.52. The van der Waals surface area contributed by atoms with Gasteiger partial charge in [0.25, 0.3) is 0 Å². The number of halogens is 3. The molecule has 1 aliphatic rings. The van der Waals surface area contributed by atoms with Gasteiger partial charge in [-0.15, -0.1) is 0 Å². The molecule has 0 aromatic heterocycles. The van der Waals surface area contributed by atoms with E-state index in [-0.39, 0.29) is 13.2 Å². The Morgan fingerprint density at radius 2 is 1.96 bits per heavy atom. The molecule has 1 saturated heterocycles. The topological polar surface area (TPSA) is 55.8 Å².